The third kappa shape index (κ3) is 3.34. The standard InChI is InChI=1S/C11H12F4N2.ClH/c12-7-1-2-8(9(5-7)11(13,14)15)10-6-16-3-4-17-10;/h1-2,5,10,16-17H,3-4,6H2;1H/t10-;/m0./s1. The molecular weight excluding hydrogens is 272 g/mol. The molecule has 18 heavy (non-hydrogen) atoms. The van der Waals surface area contributed by atoms with Crippen LogP contribution in [-0.2, 0) is 6.18 Å². The highest BCUT2D eigenvalue weighted by atomic mass is 35.5. The third-order valence-corrected chi connectivity index (χ3v) is 2.74. The molecule has 2 N–H and O–H groups in total. The minimum absolute atomic E-state index is 0. The van der Waals surface area contributed by atoms with Gasteiger partial charge in [-0.3, -0.25) is 0 Å². The fourth-order valence-corrected chi connectivity index (χ4v) is 1.95. The van der Waals surface area contributed by atoms with Crippen LogP contribution >= 0.6 is 12.4 Å². The van der Waals surface area contributed by atoms with Crippen molar-refractivity contribution >= 4 is 12.4 Å². The summed E-state index contributed by atoms with van der Waals surface area (Å²) in [7, 11) is 0. The van der Waals surface area contributed by atoms with Gasteiger partial charge in [-0.25, -0.2) is 4.39 Å². The summed E-state index contributed by atoms with van der Waals surface area (Å²) in [6.45, 7) is 1.73. The maximum Gasteiger partial charge on any atom is 0.416 e. The Balaban J connectivity index is 0.00000162. The number of benzene rings is 1. The van der Waals surface area contributed by atoms with Crippen LogP contribution in [0.25, 0.3) is 0 Å². The summed E-state index contributed by atoms with van der Waals surface area (Å²) >= 11 is 0. The fraction of sp³-hybridized carbons (Fsp3) is 0.455. The van der Waals surface area contributed by atoms with Crippen LogP contribution in [0.4, 0.5) is 17.6 Å². The Hall–Kier alpha value is -0.850. The third-order valence-electron chi connectivity index (χ3n) is 2.74. The molecule has 0 radical (unpaired) electrons. The first-order chi connectivity index (χ1) is 7.98. The minimum Gasteiger partial charge on any atom is -0.314 e. The van der Waals surface area contributed by atoms with Gasteiger partial charge < -0.3 is 10.6 Å². The fourth-order valence-electron chi connectivity index (χ4n) is 1.95. The molecule has 1 fully saturated rings. The Morgan fingerprint density at radius 3 is 2.44 bits per heavy atom. The van der Waals surface area contributed by atoms with E-state index in [4.69, 9.17) is 0 Å². The van der Waals surface area contributed by atoms with Crippen molar-refractivity contribution in [2.24, 2.45) is 0 Å². The first-order valence-electron chi connectivity index (χ1n) is 5.29. The van der Waals surface area contributed by atoms with Gasteiger partial charge >= 0.3 is 6.18 Å². The Labute approximate surface area is 108 Å². The van der Waals surface area contributed by atoms with Gasteiger partial charge in [0.2, 0.25) is 0 Å². The van der Waals surface area contributed by atoms with Crippen molar-refractivity contribution in [3.05, 3.63) is 35.1 Å². The molecule has 1 aromatic rings. The van der Waals surface area contributed by atoms with Crippen molar-refractivity contribution in [2.45, 2.75) is 12.2 Å². The van der Waals surface area contributed by atoms with Crippen molar-refractivity contribution < 1.29 is 17.6 Å². The molecule has 1 saturated heterocycles. The van der Waals surface area contributed by atoms with Crippen LogP contribution in [0.15, 0.2) is 18.2 Å². The molecule has 2 rings (SSSR count). The van der Waals surface area contributed by atoms with E-state index in [1.807, 2.05) is 0 Å². The molecule has 1 aromatic carbocycles. The number of halogens is 5. The smallest absolute Gasteiger partial charge is 0.314 e. The molecule has 7 heteroatoms. The summed E-state index contributed by atoms with van der Waals surface area (Å²) < 4.78 is 51.2. The highest BCUT2D eigenvalue weighted by Gasteiger charge is 2.35. The second-order valence-corrected chi connectivity index (χ2v) is 3.94. The van der Waals surface area contributed by atoms with Crippen molar-refractivity contribution in [1.29, 1.82) is 0 Å². The maximum atomic E-state index is 12.9. The van der Waals surface area contributed by atoms with E-state index < -0.39 is 23.6 Å². The first-order valence-corrected chi connectivity index (χ1v) is 5.29. The summed E-state index contributed by atoms with van der Waals surface area (Å²) in [5.41, 5.74) is -0.815. The number of alkyl halides is 3. The predicted molar refractivity (Wildman–Crippen MR) is 62.3 cm³/mol. The average molecular weight is 285 g/mol. The molecular formula is C11H13ClF4N2. The largest absolute Gasteiger partial charge is 0.416 e. The molecule has 0 saturated carbocycles. The van der Waals surface area contributed by atoms with Crippen molar-refractivity contribution in [2.75, 3.05) is 19.6 Å². The quantitative estimate of drug-likeness (QED) is 0.774. The van der Waals surface area contributed by atoms with Crippen LogP contribution in [0.2, 0.25) is 0 Å². The van der Waals surface area contributed by atoms with Crippen LogP contribution in [0.1, 0.15) is 17.2 Å². The van der Waals surface area contributed by atoms with E-state index in [-0.39, 0.29) is 18.0 Å². The lowest BCUT2D eigenvalue weighted by Gasteiger charge is -2.27. The predicted octanol–water partition coefficient (Wildman–Crippen LogP) is 2.50. The normalized spacial score (nSPS) is 20.3. The Kier molecular flexibility index (Phi) is 4.95. The maximum absolute atomic E-state index is 12.9. The molecule has 1 aliphatic rings. The molecule has 1 heterocycles. The van der Waals surface area contributed by atoms with Crippen molar-refractivity contribution in [3.8, 4) is 0 Å². The Morgan fingerprint density at radius 1 is 1.17 bits per heavy atom. The topological polar surface area (TPSA) is 24.1 Å². The van der Waals surface area contributed by atoms with Gasteiger partial charge in [0.1, 0.15) is 5.82 Å². The molecule has 0 unspecified atom stereocenters. The van der Waals surface area contributed by atoms with E-state index in [1.54, 1.807) is 0 Å². The number of nitrogens with one attached hydrogen (secondary N) is 2. The molecule has 0 aromatic heterocycles. The molecule has 0 amide bonds. The van der Waals surface area contributed by atoms with E-state index in [1.165, 1.54) is 6.07 Å². The van der Waals surface area contributed by atoms with Gasteiger partial charge in [0.15, 0.2) is 0 Å². The van der Waals surface area contributed by atoms with E-state index in [2.05, 4.69) is 10.6 Å². The molecule has 1 aliphatic heterocycles. The van der Waals surface area contributed by atoms with E-state index in [0.29, 0.717) is 19.2 Å². The van der Waals surface area contributed by atoms with Crippen molar-refractivity contribution in [1.82, 2.24) is 10.6 Å². The zero-order valence-corrected chi connectivity index (χ0v) is 10.2. The van der Waals surface area contributed by atoms with Gasteiger partial charge in [0, 0.05) is 25.7 Å². The zero-order valence-electron chi connectivity index (χ0n) is 9.35. The average Bonchev–Trinajstić information content (AvgIpc) is 2.29. The molecule has 0 spiro atoms. The number of piperazine rings is 1. The summed E-state index contributed by atoms with van der Waals surface area (Å²) in [6, 6.07) is 2.37. The second-order valence-electron chi connectivity index (χ2n) is 3.94. The highest BCUT2D eigenvalue weighted by Crippen LogP contribution is 2.35. The van der Waals surface area contributed by atoms with Crippen molar-refractivity contribution in [3.63, 3.8) is 0 Å². The van der Waals surface area contributed by atoms with Gasteiger partial charge in [0.25, 0.3) is 0 Å². The SMILES string of the molecule is Cl.Fc1ccc([C@@H]2CNCCN2)c(C(F)(F)F)c1. The monoisotopic (exact) mass is 284 g/mol. The summed E-state index contributed by atoms with van der Waals surface area (Å²) in [6.07, 6.45) is -4.53. The molecule has 0 bridgehead atoms. The zero-order chi connectivity index (χ0) is 12.5. The summed E-state index contributed by atoms with van der Waals surface area (Å²) in [4.78, 5) is 0. The summed E-state index contributed by atoms with van der Waals surface area (Å²) in [5, 5.41) is 5.99. The minimum atomic E-state index is -4.53. The van der Waals surface area contributed by atoms with Crippen LogP contribution in [0, 0.1) is 5.82 Å². The van der Waals surface area contributed by atoms with Gasteiger partial charge in [-0.05, 0) is 17.7 Å². The van der Waals surface area contributed by atoms with Gasteiger partial charge in [0.05, 0.1) is 5.56 Å². The van der Waals surface area contributed by atoms with Crippen LogP contribution in [-0.4, -0.2) is 19.6 Å². The molecule has 1 atom stereocenters. The van der Waals surface area contributed by atoms with Crippen LogP contribution < -0.4 is 10.6 Å². The lowest BCUT2D eigenvalue weighted by Crippen LogP contribution is -2.43. The molecule has 0 aliphatic carbocycles. The second kappa shape index (κ2) is 5.86. The molecule has 102 valence electrons. The number of hydrogen-bond acceptors (Lipinski definition) is 2. The highest BCUT2D eigenvalue weighted by molar-refractivity contribution is 5.85. The molecule has 2 nitrogen and oxygen atoms in total. The Bertz CT molecular complexity index is 403. The van der Waals surface area contributed by atoms with E-state index in [9.17, 15) is 17.6 Å². The lowest BCUT2D eigenvalue weighted by molar-refractivity contribution is -0.138. The van der Waals surface area contributed by atoms with Crippen LogP contribution in [0.3, 0.4) is 0 Å². The first kappa shape index (κ1) is 15.2. The Morgan fingerprint density at radius 2 is 1.89 bits per heavy atom. The summed E-state index contributed by atoms with van der Waals surface area (Å²) in [5.74, 6) is -0.871. The van der Waals surface area contributed by atoms with E-state index in [0.717, 1.165) is 12.6 Å². The number of rotatable bonds is 1. The lowest BCUT2D eigenvalue weighted by atomic mass is 9.98. The van der Waals surface area contributed by atoms with Gasteiger partial charge in [-0.2, -0.15) is 13.2 Å². The van der Waals surface area contributed by atoms with Crippen LogP contribution in [0.5, 0.6) is 0 Å². The van der Waals surface area contributed by atoms with Gasteiger partial charge in [-0.15, -0.1) is 12.4 Å². The van der Waals surface area contributed by atoms with E-state index >= 15 is 0 Å². The van der Waals surface area contributed by atoms with Gasteiger partial charge in [-0.1, -0.05) is 6.07 Å². The number of hydrogen-bond donors (Lipinski definition) is 2.